The molecule has 2 nitrogen and oxygen atoms in total. The van der Waals surface area contributed by atoms with Gasteiger partial charge in [-0.1, -0.05) is 13.3 Å². The van der Waals surface area contributed by atoms with Crippen molar-refractivity contribution in [1.82, 2.24) is 4.98 Å². The van der Waals surface area contributed by atoms with E-state index in [-0.39, 0.29) is 0 Å². The molecule has 0 aliphatic heterocycles. The fraction of sp³-hybridized carbons (Fsp3) is 0.400. The first-order chi connectivity index (χ1) is 5.90. The van der Waals surface area contributed by atoms with Gasteiger partial charge in [0.15, 0.2) is 5.58 Å². The number of aromatic amines is 1. The van der Waals surface area contributed by atoms with Gasteiger partial charge in [-0.3, -0.25) is 0 Å². The van der Waals surface area contributed by atoms with Gasteiger partial charge < -0.3 is 9.40 Å². The van der Waals surface area contributed by atoms with E-state index in [4.69, 9.17) is 4.42 Å². The molecular formula is C10H13NO. The van der Waals surface area contributed by atoms with E-state index in [1.165, 1.54) is 12.8 Å². The SMILES string of the molecule is CCCCc1cc2[nH]ccc2o1. The van der Waals surface area contributed by atoms with Crippen molar-refractivity contribution >= 4 is 11.1 Å². The maximum absolute atomic E-state index is 5.58. The second-order valence-electron chi connectivity index (χ2n) is 3.07. The molecule has 0 aromatic carbocycles. The van der Waals surface area contributed by atoms with E-state index in [2.05, 4.69) is 18.0 Å². The summed E-state index contributed by atoms with van der Waals surface area (Å²) in [7, 11) is 0. The molecule has 0 saturated carbocycles. The molecule has 12 heavy (non-hydrogen) atoms. The maximum Gasteiger partial charge on any atom is 0.151 e. The van der Waals surface area contributed by atoms with Crippen LogP contribution in [0, 0.1) is 0 Å². The van der Waals surface area contributed by atoms with Crippen molar-refractivity contribution in [2.75, 3.05) is 0 Å². The topological polar surface area (TPSA) is 28.9 Å². The molecule has 0 atom stereocenters. The van der Waals surface area contributed by atoms with Crippen molar-refractivity contribution in [3.8, 4) is 0 Å². The lowest BCUT2D eigenvalue weighted by atomic mass is 10.2. The standard InChI is InChI=1S/C10H13NO/c1-2-3-4-8-7-9-10(12-8)5-6-11-9/h5-7,11H,2-4H2,1H3. The van der Waals surface area contributed by atoms with Gasteiger partial charge in [-0.25, -0.2) is 0 Å². The monoisotopic (exact) mass is 163 g/mol. The van der Waals surface area contributed by atoms with Crippen molar-refractivity contribution in [2.24, 2.45) is 0 Å². The molecule has 2 aromatic heterocycles. The summed E-state index contributed by atoms with van der Waals surface area (Å²) in [5, 5.41) is 0. The number of aryl methyl sites for hydroxylation is 1. The van der Waals surface area contributed by atoms with Crippen LogP contribution in [-0.2, 0) is 6.42 Å². The van der Waals surface area contributed by atoms with E-state index in [9.17, 15) is 0 Å². The van der Waals surface area contributed by atoms with E-state index in [0.29, 0.717) is 0 Å². The summed E-state index contributed by atoms with van der Waals surface area (Å²) in [6.45, 7) is 2.19. The van der Waals surface area contributed by atoms with Crippen LogP contribution in [0.4, 0.5) is 0 Å². The Bertz CT molecular complexity index is 330. The highest BCUT2D eigenvalue weighted by Gasteiger charge is 2.02. The third-order valence-corrected chi connectivity index (χ3v) is 2.06. The number of furan rings is 1. The Balaban J connectivity index is 2.21. The van der Waals surface area contributed by atoms with E-state index in [1.54, 1.807) is 0 Å². The van der Waals surface area contributed by atoms with Gasteiger partial charge in [0.1, 0.15) is 5.76 Å². The summed E-state index contributed by atoms with van der Waals surface area (Å²) in [5.41, 5.74) is 2.09. The normalized spacial score (nSPS) is 11.1. The second kappa shape index (κ2) is 3.05. The predicted octanol–water partition coefficient (Wildman–Crippen LogP) is 3.10. The summed E-state index contributed by atoms with van der Waals surface area (Å²) in [4.78, 5) is 3.12. The highest BCUT2D eigenvalue weighted by atomic mass is 16.3. The van der Waals surface area contributed by atoms with Gasteiger partial charge in [0.05, 0.1) is 5.52 Å². The zero-order valence-electron chi connectivity index (χ0n) is 7.26. The van der Waals surface area contributed by atoms with Crippen LogP contribution < -0.4 is 0 Å². The number of nitrogens with one attached hydrogen (secondary N) is 1. The molecule has 1 N–H and O–H groups in total. The molecular weight excluding hydrogens is 150 g/mol. The van der Waals surface area contributed by atoms with E-state index < -0.39 is 0 Å². The molecule has 0 aliphatic carbocycles. The zero-order chi connectivity index (χ0) is 8.39. The lowest BCUT2D eigenvalue weighted by Crippen LogP contribution is -1.78. The molecule has 0 aliphatic rings. The highest BCUT2D eigenvalue weighted by Crippen LogP contribution is 2.18. The molecule has 0 spiro atoms. The number of hydrogen-bond donors (Lipinski definition) is 1. The Morgan fingerprint density at radius 3 is 3.17 bits per heavy atom. The number of rotatable bonds is 3. The van der Waals surface area contributed by atoms with Gasteiger partial charge in [0, 0.05) is 18.7 Å². The number of fused-ring (bicyclic) bond motifs is 1. The van der Waals surface area contributed by atoms with Crippen molar-refractivity contribution < 1.29 is 4.42 Å². The van der Waals surface area contributed by atoms with Crippen LogP contribution in [-0.4, -0.2) is 4.98 Å². The Kier molecular flexibility index (Phi) is 1.90. The quantitative estimate of drug-likeness (QED) is 0.740. The Morgan fingerprint density at radius 2 is 2.42 bits per heavy atom. The van der Waals surface area contributed by atoms with E-state index >= 15 is 0 Å². The van der Waals surface area contributed by atoms with E-state index in [1.807, 2.05) is 12.3 Å². The number of unbranched alkanes of at least 4 members (excludes halogenated alkanes) is 1. The third kappa shape index (κ3) is 1.24. The molecule has 0 radical (unpaired) electrons. The van der Waals surface area contributed by atoms with Gasteiger partial charge in [-0.2, -0.15) is 0 Å². The number of hydrogen-bond acceptors (Lipinski definition) is 1. The largest absolute Gasteiger partial charge is 0.459 e. The Labute approximate surface area is 71.6 Å². The van der Waals surface area contributed by atoms with Gasteiger partial charge in [0.25, 0.3) is 0 Å². The van der Waals surface area contributed by atoms with Crippen LogP contribution in [0.15, 0.2) is 22.7 Å². The fourth-order valence-corrected chi connectivity index (χ4v) is 1.38. The Morgan fingerprint density at radius 1 is 1.50 bits per heavy atom. The summed E-state index contributed by atoms with van der Waals surface area (Å²) in [5.74, 6) is 1.10. The molecule has 0 amide bonds. The lowest BCUT2D eigenvalue weighted by molar-refractivity contribution is 0.537. The van der Waals surface area contributed by atoms with Crippen LogP contribution in [0.1, 0.15) is 25.5 Å². The summed E-state index contributed by atoms with van der Waals surface area (Å²) < 4.78 is 5.58. The van der Waals surface area contributed by atoms with Crippen LogP contribution in [0.25, 0.3) is 11.1 Å². The molecule has 2 heterocycles. The summed E-state index contributed by atoms with van der Waals surface area (Å²) >= 11 is 0. The molecule has 64 valence electrons. The first-order valence-corrected chi connectivity index (χ1v) is 4.46. The Hall–Kier alpha value is -1.18. The molecule has 2 rings (SSSR count). The zero-order valence-corrected chi connectivity index (χ0v) is 7.26. The first kappa shape index (κ1) is 7.47. The molecule has 0 bridgehead atoms. The van der Waals surface area contributed by atoms with Crippen molar-refractivity contribution in [2.45, 2.75) is 26.2 Å². The van der Waals surface area contributed by atoms with Crippen LogP contribution in [0.3, 0.4) is 0 Å². The number of aromatic nitrogens is 1. The third-order valence-electron chi connectivity index (χ3n) is 2.06. The molecule has 0 saturated heterocycles. The minimum Gasteiger partial charge on any atom is -0.459 e. The first-order valence-electron chi connectivity index (χ1n) is 4.46. The van der Waals surface area contributed by atoms with Gasteiger partial charge >= 0.3 is 0 Å². The van der Waals surface area contributed by atoms with Crippen LogP contribution in [0.2, 0.25) is 0 Å². The number of H-pyrrole nitrogens is 1. The molecule has 2 aromatic rings. The predicted molar refractivity (Wildman–Crippen MR) is 49.2 cm³/mol. The lowest BCUT2D eigenvalue weighted by Gasteiger charge is -1.90. The van der Waals surface area contributed by atoms with Crippen molar-refractivity contribution in [3.63, 3.8) is 0 Å². The van der Waals surface area contributed by atoms with Gasteiger partial charge in [-0.05, 0) is 12.5 Å². The molecule has 0 unspecified atom stereocenters. The minimum atomic E-state index is 0.973. The highest BCUT2D eigenvalue weighted by molar-refractivity contribution is 5.73. The maximum atomic E-state index is 5.58. The summed E-state index contributed by atoms with van der Waals surface area (Å²) in [6.07, 6.45) is 5.38. The fourth-order valence-electron chi connectivity index (χ4n) is 1.38. The van der Waals surface area contributed by atoms with Gasteiger partial charge in [0.2, 0.25) is 0 Å². The average molecular weight is 163 g/mol. The van der Waals surface area contributed by atoms with Gasteiger partial charge in [-0.15, -0.1) is 0 Å². The van der Waals surface area contributed by atoms with Crippen LogP contribution >= 0.6 is 0 Å². The molecule has 0 fully saturated rings. The second-order valence-corrected chi connectivity index (χ2v) is 3.07. The smallest absolute Gasteiger partial charge is 0.151 e. The summed E-state index contributed by atoms with van der Waals surface area (Å²) in [6, 6.07) is 4.05. The average Bonchev–Trinajstić information content (AvgIpc) is 2.58. The van der Waals surface area contributed by atoms with Crippen LogP contribution in [0.5, 0.6) is 0 Å². The molecule has 2 heteroatoms. The van der Waals surface area contributed by atoms with Crippen molar-refractivity contribution in [3.05, 3.63) is 24.1 Å². The van der Waals surface area contributed by atoms with E-state index in [0.717, 1.165) is 23.3 Å². The minimum absolute atomic E-state index is 0.973. The van der Waals surface area contributed by atoms with Crippen molar-refractivity contribution in [1.29, 1.82) is 0 Å².